The molecule has 0 spiro atoms. The van der Waals surface area contributed by atoms with Crippen LogP contribution in [0.1, 0.15) is 0 Å². The molecule has 11 rings (SSSR count). The molecule has 0 radical (unpaired) electrons. The van der Waals surface area contributed by atoms with Crippen LogP contribution in [0.4, 0.5) is 0 Å². The minimum Gasteiger partial charge on any atom is -0.309 e. The molecule has 2 nitrogen and oxygen atoms in total. The average Bonchev–Trinajstić information content (AvgIpc) is 3.72. The average molecular weight is 661 g/mol. The number of rotatable bonds is 4. The first-order valence-electron chi connectivity index (χ1n) is 17.9. The minimum atomic E-state index is 1.17. The Hall–Kier alpha value is -6.90. The molecule has 9 aromatic carbocycles. The zero-order valence-electron chi connectivity index (χ0n) is 28.4. The molecule has 52 heavy (non-hydrogen) atoms. The summed E-state index contributed by atoms with van der Waals surface area (Å²) in [5.41, 5.74) is 12.2. The van der Waals surface area contributed by atoms with E-state index in [9.17, 15) is 0 Å². The van der Waals surface area contributed by atoms with Crippen molar-refractivity contribution in [3.8, 4) is 33.6 Å². The van der Waals surface area contributed by atoms with Gasteiger partial charge in [0.1, 0.15) is 0 Å². The molecule has 0 amide bonds. The Balaban J connectivity index is 1.19. The SMILES string of the molecule is c1ccc(-n2c3ccccc3c3cc(-c4c5ccccc5c(-c5ccc6c7ccccc7n(-c7ccccc7)c6c5)c5ccccc45)ccc32)cc1. The number of fused-ring (bicyclic) bond motifs is 8. The number of nitrogens with zero attached hydrogens (tertiary/aromatic N) is 2. The zero-order chi connectivity index (χ0) is 34.2. The lowest BCUT2D eigenvalue weighted by Crippen LogP contribution is -1.94. The zero-order valence-corrected chi connectivity index (χ0v) is 28.4. The summed E-state index contributed by atoms with van der Waals surface area (Å²) in [5.74, 6) is 0. The predicted octanol–water partition coefficient (Wildman–Crippen LogP) is 13.5. The van der Waals surface area contributed by atoms with E-state index in [1.54, 1.807) is 0 Å². The number of benzene rings is 9. The lowest BCUT2D eigenvalue weighted by molar-refractivity contribution is 1.18. The standard InChI is InChI=1S/C50H32N2/c1-3-15-35(16-4-1)51-46-26-14-12-20-38(46)44-31-33(28-30-47(44)51)49-40-21-7-9-23-42(40)50(43-24-10-8-22-41(43)49)34-27-29-39-37-19-11-13-25-45(37)52(48(39)32-34)36-17-5-2-6-18-36/h1-32H. The highest BCUT2D eigenvalue weighted by atomic mass is 15.0. The van der Waals surface area contributed by atoms with Gasteiger partial charge in [0.25, 0.3) is 0 Å². The van der Waals surface area contributed by atoms with Crippen molar-refractivity contribution in [2.75, 3.05) is 0 Å². The van der Waals surface area contributed by atoms with Crippen molar-refractivity contribution in [3.63, 3.8) is 0 Å². The molecule has 0 aliphatic heterocycles. The molecule has 11 aromatic rings. The third kappa shape index (κ3) is 4.19. The third-order valence-corrected chi connectivity index (χ3v) is 10.9. The molecule has 0 atom stereocenters. The molecule has 0 bridgehead atoms. The van der Waals surface area contributed by atoms with Gasteiger partial charge in [0, 0.05) is 32.9 Å². The van der Waals surface area contributed by atoms with E-state index in [1.165, 1.54) is 98.8 Å². The quantitative estimate of drug-likeness (QED) is 0.166. The van der Waals surface area contributed by atoms with E-state index in [0.717, 1.165) is 0 Å². The Morgan fingerprint density at radius 3 is 1.13 bits per heavy atom. The van der Waals surface area contributed by atoms with E-state index in [-0.39, 0.29) is 0 Å². The summed E-state index contributed by atoms with van der Waals surface area (Å²) in [6.07, 6.45) is 0. The van der Waals surface area contributed by atoms with Crippen LogP contribution in [0.2, 0.25) is 0 Å². The van der Waals surface area contributed by atoms with Crippen molar-refractivity contribution < 1.29 is 0 Å². The highest BCUT2D eigenvalue weighted by Gasteiger charge is 2.20. The molecule has 242 valence electrons. The highest BCUT2D eigenvalue weighted by Crippen LogP contribution is 2.46. The fourth-order valence-electron chi connectivity index (χ4n) is 8.72. The van der Waals surface area contributed by atoms with E-state index in [2.05, 4.69) is 203 Å². The number of hydrogen-bond acceptors (Lipinski definition) is 0. The second kappa shape index (κ2) is 11.3. The van der Waals surface area contributed by atoms with Crippen molar-refractivity contribution in [1.29, 1.82) is 0 Å². The second-order valence-electron chi connectivity index (χ2n) is 13.7. The monoisotopic (exact) mass is 660 g/mol. The Kier molecular flexibility index (Phi) is 6.28. The summed E-state index contributed by atoms with van der Waals surface area (Å²) in [6, 6.07) is 71.0. The van der Waals surface area contributed by atoms with Gasteiger partial charge in [-0.05, 0) is 98.4 Å². The van der Waals surface area contributed by atoms with Gasteiger partial charge in [-0.25, -0.2) is 0 Å². The summed E-state index contributed by atoms with van der Waals surface area (Å²) in [6.45, 7) is 0. The van der Waals surface area contributed by atoms with E-state index in [0.29, 0.717) is 0 Å². The van der Waals surface area contributed by atoms with Crippen LogP contribution < -0.4 is 0 Å². The minimum absolute atomic E-state index is 1.17. The van der Waals surface area contributed by atoms with Crippen molar-refractivity contribution in [2.24, 2.45) is 0 Å². The first kappa shape index (κ1) is 28.9. The summed E-state index contributed by atoms with van der Waals surface area (Å²) in [4.78, 5) is 0. The van der Waals surface area contributed by atoms with Crippen LogP contribution in [0, 0.1) is 0 Å². The molecular weight excluding hydrogens is 629 g/mol. The largest absolute Gasteiger partial charge is 0.309 e. The Morgan fingerprint density at radius 2 is 0.596 bits per heavy atom. The Morgan fingerprint density at radius 1 is 0.231 bits per heavy atom. The third-order valence-electron chi connectivity index (χ3n) is 10.9. The molecule has 0 unspecified atom stereocenters. The van der Waals surface area contributed by atoms with Gasteiger partial charge in [-0.2, -0.15) is 0 Å². The van der Waals surface area contributed by atoms with E-state index < -0.39 is 0 Å². The van der Waals surface area contributed by atoms with E-state index >= 15 is 0 Å². The lowest BCUT2D eigenvalue weighted by Gasteiger charge is -2.18. The maximum absolute atomic E-state index is 2.41. The number of aromatic nitrogens is 2. The van der Waals surface area contributed by atoms with Crippen LogP contribution in [-0.2, 0) is 0 Å². The maximum Gasteiger partial charge on any atom is 0.0547 e. The topological polar surface area (TPSA) is 9.86 Å². The van der Waals surface area contributed by atoms with Gasteiger partial charge in [-0.1, -0.05) is 140 Å². The van der Waals surface area contributed by atoms with Crippen LogP contribution >= 0.6 is 0 Å². The Bertz CT molecular complexity index is 3110. The van der Waals surface area contributed by atoms with Crippen LogP contribution in [0.25, 0.3) is 98.8 Å². The smallest absolute Gasteiger partial charge is 0.0547 e. The fraction of sp³-hybridized carbons (Fsp3) is 0. The predicted molar refractivity (Wildman–Crippen MR) is 221 cm³/mol. The fourth-order valence-corrected chi connectivity index (χ4v) is 8.72. The first-order chi connectivity index (χ1) is 25.8. The molecule has 0 fully saturated rings. The van der Waals surface area contributed by atoms with E-state index in [1.807, 2.05) is 0 Å². The van der Waals surface area contributed by atoms with Gasteiger partial charge in [0.15, 0.2) is 0 Å². The molecule has 0 N–H and O–H groups in total. The van der Waals surface area contributed by atoms with Crippen LogP contribution in [0.15, 0.2) is 194 Å². The van der Waals surface area contributed by atoms with Crippen LogP contribution in [-0.4, -0.2) is 9.13 Å². The highest BCUT2D eigenvalue weighted by molar-refractivity contribution is 6.23. The second-order valence-corrected chi connectivity index (χ2v) is 13.7. The molecular formula is C50H32N2. The molecule has 0 saturated carbocycles. The summed E-state index contributed by atoms with van der Waals surface area (Å²) in [5, 5.41) is 10.1. The molecule has 0 saturated heterocycles. The summed E-state index contributed by atoms with van der Waals surface area (Å²) in [7, 11) is 0. The van der Waals surface area contributed by atoms with Gasteiger partial charge < -0.3 is 9.13 Å². The summed E-state index contributed by atoms with van der Waals surface area (Å²) >= 11 is 0. The van der Waals surface area contributed by atoms with Crippen LogP contribution in [0.5, 0.6) is 0 Å². The number of hydrogen-bond donors (Lipinski definition) is 0. The lowest BCUT2D eigenvalue weighted by atomic mass is 9.85. The van der Waals surface area contributed by atoms with Crippen molar-refractivity contribution >= 4 is 65.2 Å². The maximum atomic E-state index is 2.41. The number of para-hydroxylation sites is 4. The van der Waals surface area contributed by atoms with Crippen molar-refractivity contribution in [1.82, 2.24) is 9.13 Å². The summed E-state index contributed by atoms with van der Waals surface area (Å²) < 4.78 is 4.80. The normalized spacial score (nSPS) is 11.8. The van der Waals surface area contributed by atoms with Gasteiger partial charge in [-0.15, -0.1) is 0 Å². The van der Waals surface area contributed by atoms with Gasteiger partial charge in [0.05, 0.1) is 22.1 Å². The first-order valence-corrected chi connectivity index (χ1v) is 17.9. The van der Waals surface area contributed by atoms with Crippen molar-refractivity contribution in [2.45, 2.75) is 0 Å². The Labute approximate surface area is 301 Å². The van der Waals surface area contributed by atoms with Crippen LogP contribution in [0.3, 0.4) is 0 Å². The molecule has 2 heteroatoms. The molecule has 2 aromatic heterocycles. The van der Waals surface area contributed by atoms with E-state index in [4.69, 9.17) is 0 Å². The van der Waals surface area contributed by atoms with Gasteiger partial charge >= 0.3 is 0 Å². The molecule has 2 heterocycles. The van der Waals surface area contributed by atoms with Crippen molar-refractivity contribution in [3.05, 3.63) is 194 Å². The molecule has 0 aliphatic rings. The van der Waals surface area contributed by atoms with Gasteiger partial charge in [-0.3, -0.25) is 0 Å². The molecule has 0 aliphatic carbocycles. The van der Waals surface area contributed by atoms with Gasteiger partial charge in [0.2, 0.25) is 0 Å².